The largest absolute Gasteiger partial charge is 0.370 e. The summed E-state index contributed by atoms with van der Waals surface area (Å²) in [6.07, 6.45) is 3.13. The highest BCUT2D eigenvalue weighted by Gasteiger charge is 2.08. The number of fused-ring (bicyclic) bond motifs is 1. The molecule has 19 heavy (non-hydrogen) atoms. The smallest absolute Gasteiger partial charge is 0.181 e. The lowest BCUT2D eigenvalue weighted by Crippen LogP contribution is -1.99. The van der Waals surface area contributed by atoms with Crippen LogP contribution in [0.25, 0.3) is 11.2 Å². The lowest BCUT2D eigenvalue weighted by molar-refractivity contribution is 1.06. The van der Waals surface area contributed by atoms with Gasteiger partial charge < -0.3 is 10.3 Å². The highest BCUT2D eigenvalue weighted by Crippen LogP contribution is 2.28. The van der Waals surface area contributed by atoms with Crippen LogP contribution in [-0.4, -0.2) is 31.5 Å². The molecule has 2 N–H and O–H groups in total. The molecule has 0 atom stereocenters. The van der Waals surface area contributed by atoms with Crippen molar-refractivity contribution < 1.29 is 0 Å². The van der Waals surface area contributed by atoms with Gasteiger partial charge in [-0.25, -0.2) is 19.9 Å². The Balaban J connectivity index is 1.92. The highest BCUT2D eigenvalue weighted by atomic mass is 32.2. The van der Waals surface area contributed by atoms with E-state index in [-0.39, 0.29) is 0 Å². The number of nitrogens with one attached hydrogen (secondary N) is 2. The van der Waals surface area contributed by atoms with Crippen molar-refractivity contribution in [2.75, 3.05) is 11.9 Å². The number of nitrogens with zero attached hydrogens (tertiary/aromatic N) is 4. The molecule has 0 aliphatic carbocycles. The summed E-state index contributed by atoms with van der Waals surface area (Å²) < 4.78 is 0. The van der Waals surface area contributed by atoms with E-state index in [9.17, 15) is 0 Å². The number of H-pyrrole nitrogens is 1. The molecule has 0 saturated carbocycles. The predicted octanol–water partition coefficient (Wildman–Crippen LogP) is 2.33. The maximum Gasteiger partial charge on any atom is 0.181 e. The predicted molar refractivity (Wildman–Crippen MR) is 74.2 cm³/mol. The summed E-state index contributed by atoms with van der Waals surface area (Å²) >= 11 is 1.49. The number of imidazole rings is 1. The molecule has 0 radical (unpaired) electrons. The van der Waals surface area contributed by atoms with E-state index in [2.05, 4.69) is 30.2 Å². The number of anilines is 1. The molecule has 0 aliphatic rings. The molecule has 0 fully saturated rings. The lowest BCUT2D eigenvalue weighted by atomic mass is 10.4. The van der Waals surface area contributed by atoms with Crippen LogP contribution in [0.3, 0.4) is 0 Å². The number of aromatic amines is 1. The minimum absolute atomic E-state index is 0.667. The first-order valence-corrected chi connectivity index (χ1v) is 6.71. The van der Waals surface area contributed by atoms with Crippen molar-refractivity contribution >= 4 is 28.7 Å². The monoisotopic (exact) mass is 272 g/mol. The molecule has 0 saturated heterocycles. The number of pyridine rings is 1. The molecule has 6 nitrogen and oxygen atoms in total. The molecule has 3 aromatic rings. The molecule has 7 heteroatoms. The van der Waals surface area contributed by atoms with E-state index in [1.165, 1.54) is 18.1 Å². The maximum absolute atomic E-state index is 4.51. The second-order valence-electron chi connectivity index (χ2n) is 3.77. The van der Waals surface area contributed by atoms with E-state index in [0.717, 1.165) is 27.9 Å². The maximum atomic E-state index is 4.51. The van der Waals surface area contributed by atoms with Crippen LogP contribution in [0, 0.1) is 0 Å². The van der Waals surface area contributed by atoms with Gasteiger partial charge in [-0.2, -0.15) is 0 Å². The molecule has 0 aliphatic heterocycles. The van der Waals surface area contributed by atoms with Crippen LogP contribution in [0.4, 0.5) is 5.82 Å². The van der Waals surface area contributed by atoms with Crippen molar-refractivity contribution in [2.45, 2.75) is 17.0 Å². The Bertz CT molecular complexity index is 695. The van der Waals surface area contributed by atoms with Gasteiger partial charge in [0, 0.05) is 6.54 Å². The van der Waals surface area contributed by atoms with E-state index in [4.69, 9.17) is 0 Å². The number of rotatable bonds is 4. The average Bonchev–Trinajstić information content (AvgIpc) is 2.89. The Kier molecular flexibility index (Phi) is 3.28. The van der Waals surface area contributed by atoms with Crippen LogP contribution in [0.2, 0.25) is 0 Å². The minimum atomic E-state index is 0.667. The Morgan fingerprint density at radius 3 is 3.11 bits per heavy atom. The summed E-state index contributed by atoms with van der Waals surface area (Å²) in [4.78, 5) is 20.0. The third-order valence-corrected chi connectivity index (χ3v) is 3.41. The van der Waals surface area contributed by atoms with Gasteiger partial charge in [0.25, 0.3) is 0 Å². The highest BCUT2D eigenvalue weighted by molar-refractivity contribution is 7.99. The molecule has 0 amide bonds. The fourth-order valence-electron chi connectivity index (χ4n) is 1.67. The van der Waals surface area contributed by atoms with Gasteiger partial charge in [-0.05, 0) is 30.8 Å². The first-order valence-electron chi connectivity index (χ1n) is 5.89. The van der Waals surface area contributed by atoms with Crippen LogP contribution < -0.4 is 5.32 Å². The Hall–Kier alpha value is -2.15. The zero-order valence-electron chi connectivity index (χ0n) is 10.3. The van der Waals surface area contributed by atoms with Crippen molar-refractivity contribution in [3.8, 4) is 0 Å². The Labute approximate surface area is 114 Å². The van der Waals surface area contributed by atoms with Crippen LogP contribution >= 0.6 is 11.8 Å². The van der Waals surface area contributed by atoms with Gasteiger partial charge in [-0.15, -0.1) is 0 Å². The summed E-state index contributed by atoms with van der Waals surface area (Å²) in [6.45, 7) is 2.89. The molecule has 0 bridgehead atoms. The third-order valence-electron chi connectivity index (χ3n) is 2.47. The van der Waals surface area contributed by atoms with Gasteiger partial charge in [0.15, 0.2) is 5.65 Å². The van der Waals surface area contributed by atoms with Crippen molar-refractivity contribution in [2.24, 2.45) is 0 Å². The van der Waals surface area contributed by atoms with Gasteiger partial charge >= 0.3 is 0 Å². The standard InChI is InChI=1S/C12H12N6S/c1-2-13-8-4-3-5-9(18-8)19-12-10-11(15-6-14-10)16-7-17-12/h3-7H,2H2,1H3,(H,13,18)(H,14,15,16,17). The number of aromatic nitrogens is 5. The topological polar surface area (TPSA) is 79.4 Å². The van der Waals surface area contributed by atoms with Gasteiger partial charge in [-0.3, -0.25) is 0 Å². The molecule has 0 aromatic carbocycles. The third kappa shape index (κ3) is 2.50. The van der Waals surface area contributed by atoms with E-state index >= 15 is 0 Å². The molecule has 3 rings (SSSR count). The Morgan fingerprint density at radius 2 is 2.21 bits per heavy atom. The van der Waals surface area contributed by atoms with E-state index in [1.54, 1.807) is 6.33 Å². The van der Waals surface area contributed by atoms with Crippen LogP contribution in [-0.2, 0) is 0 Å². The average molecular weight is 272 g/mol. The Morgan fingerprint density at radius 1 is 1.26 bits per heavy atom. The van der Waals surface area contributed by atoms with Gasteiger partial charge in [0.2, 0.25) is 0 Å². The summed E-state index contributed by atoms with van der Waals surface area (Å²) in [7, 11) is 0. The summed E-state index contributed by atoms with van der Waals surface area (Å²) in [5.74, 6) is 0.863. The fraction of sp³-hybridized carbons (Fsp3) is 0.167. The number of hydrogen-bond acceptors (Lipinski definition) is 6. The summed E-state index contributed by atoms with van der Waals surface area (Å²) in [5.41, 5.74) is 1.50. The molecule has 96 valence electrons. The number of hydrogen-bond donors (Lipinski definition) is 2. The first-order chi connectivity index (χ1) is 9.36. The zero-order chi connectivity index (χ0) is 13.1. The lowest BCUT2D eigenvalue weighted by Gasteiger charge is -2.04. The van der Waals surface area contributed by atoms with E-state index in [0.29, 0.717) is 5.65 Å². The second-order valence-corrected chi connectivity index (χ2v) is 4.78. The zero-order valence-corrected chi connectivity index (χ0v) is 11.1. The van der Waals surface area contributed by atoms with Crippen LogP contribution in [0.15, 0.2) is 40.9 Å². The van der Waals surface area contributed by atoms with Crippen molar-refractivity contribution in [1.29, 1.82) is 0 Å². The second kappa shape index (κ2) is 5.23. The molecular weight excluding hydrogens is 260 g/mol. The van der Waals surface area contributed by atoms with Crippen LogP contribution in [0.1, 0.15) is 6.92 Å². The normalized spacial score (nSPS) is 10.8. The summed E-state index contributed by atoms with van der Waals surface area (Å²) in [5, 5.41) is 4.89. The molecule has 0 spiro atoms. The van der Waals surface area contributed by atoms with Gasteiger partial charge in [0.1, 0.15) is 27.7 Å². The van der Waals surface area contributed by atoms with Crippen molar-refractivity contribution in [3.63, 3.8) is 0 Å². The van der Waals surface area contributed by atoms with Gasteiger partial charge in [0.05, 0.1) is 6.33 Å². The molecule has 3 heterocycles. The first kappa shape index (κ1) is 11.9. The van der Waals surface area contributed by atoms with Gasteiger partial charge in [-0.1, -0.05) is 6.07 Å². The minimum Gasteiger partial charge on any atom is -0.370 e. The molecule has 3 aromatic heterocycles. The van der Waals surface area contributed by atoms with Crippen molar-refractivity contribution in [1.82, 2.24) is 24.9 Å². The quantitative estimate of drug-likeness (QED) is 0.710. The van der Waals surface area contributed by atoms with E-state index < -0.39 is 0 Å². The fourth-order valence-corrected chi connectivity index (χ4v) is 2.51. The van der Waals surface area contributed by atoms with E-state index in [1.807, 2.05) is 25.1 Å². The van der Waals surface area contributed by atoms with Crippen molar-refractivity contribution in [3.05, 3.63) is 30.9 Å². The summed E-state index contributed by atoms with van der Waals surface area (Å²) in [6, 6.07) is 5.87. The van der Waals surface area contributed by atoms with Crippen LogP contribution in [0.5, 0.6) is 0 Å². The SMILES string of the molecule is CCNc1cccc(Sc2ncnc3nc[nH]c23)n1. The molecular formula is C12H12N6S. The molecule has 0 unspecified atom stereocenters.